The molecule has 0 bridgehead atoms. The maximum Gasteiger partial charge on any atom is 0.126 e. The third kappa shape index (κ3) is 2.88. The van der Waals surface area contributed by atoms with Gasteiger partial charge in [-0.2, -0.15) is 0 Å². The van der Waals surface area contributed by atoms with Gasteiger partial charge in [0.25, 0.3) is 0 Å². The molecule has 0 radical (unpaired) electrons. The largest absolute Gasteiger partial charge is 0.207 e. The van der Waals surface area contributed by atoms with Crippen molar-refractivity contribution in [2.45, 2.75) is 17.2 Å². The maximum atomic E-state index is 13.2. The second-order valence-electron chi connectivity index (χ2n) is 4.14. The molecule has 0 nitrogen and oxygen atoms in total. The first-order valence-electron chi connectivity index (χ1n) is 5.66. The molecule has 0 aliphatic rings. The standard InChI is InChI=1S/C15H14ClFS/c1-10-9-12(5-8-14(10)17)15(16)11-3-6-13(18-2)7-4-11/h3-9,15H,1-2H3. The molecule has 94 valence electrons. The Morgan fingerprint density at radius 2 is 1.67 bits per heavy atom. The van der Waals surface area contributed by atoms with Crippen molar-refractivity contribution in [3.63, 3.8) is 0 Å². The summed E-state index contributed by atoms with van der Waals surface area (Å²) in [4.78, 5) is 1.21. The molecule has 0 aliphatic heterocycles. The van der Waals surface area contributed by atoms with Crippen LogP contribution in [0.25, 0.3) is 0 Å². The van der Waals surface area contributed by atoms with Crippen molar-refractivity contribution in [2.24, 2.45) is 0 Å². The van der Waals surface area contributed by atoms with Gasteiger partial charge in [-0.05, 0) is 48.1 Å². The van der Waals surface area contributed by atoms with E-state index < -0.39 is 0 Å². The van der Waals surface area contributed by atoms with Crippen molar-refractivity contribution in [3.8, 4) is 0 Å². The van der Waals surface area contributed by atoms with Gasteiger partial charge in [-0.25, -0.2) is 4.39 Å². The fourth-order valence-corrected chi connectivity index (χ4v) is 2.48. The molecule has 2 rings (SSSR count). The van der Waals surface area contributed by atoms with Gasteiger partial charge >= 0.3 is 0 Å². The number of hydrogen-bond donors (Lipinski definition) is 0. The van der Waals surface area contributed by atoms with E-state index in [1.807, 2.05) is 30.5 Å². The minimum absolute atomic E-state index is 0.194. The van der Waals surface area contributed by atoms with E-state index in [2.05, 4.69) is 0 Å². The Bertz CT molecular complexity index is 537. The second-order valence-corrected chi connectivity index (χ2v) is 5.46. The highest BCUT2D eigenvalue weighted by Gasteiger charge is 2.11. The van der Waals surface area contributed by atoms with E-state index in [1.54, 1.807) is 30.8 Å². The van der Waals surface area contributed by atoms with Gasteiger partial charge in [0.2, 0.25) is 0 Å². The first kappa shape index (κ1) is 13.4. The molecule has 0 heterocycles. The normalized spacial score (nSPS) is 12.4. The van der Waals surface area contributed by atoms with E-state index in [1.165, 1.54) is 11.0 Å². The molecular formula is C15H14ClFS. The Kier molecular flexibility index (Phi) is 4.31. The number of benzene rings is 2. The van der Waals surface area contributed by atoms with Crippen LogP contribution in [0.1, 0.15) is 22.1 Å². The topological polar surface area (TPSA) is 0 Å². The zero-order chi connectivity index (χ0) is 13.1. The lowest BCUT2D eigenvalue weighted by molar-refractivity contribution is 0.617. The van der Waals surface area contributed by atoms with E-state index in [-0.39, 0.29) is 11.2 Å². The Balaban J connectivity index is 2.28. The summed E-state index contributed by atoms with van der Waals surface area (Å²) in [5.74, 6) is -0.194. The number of hydrogen-bond acceptors (Lipinski definition) is 1. The quantitative estimate of drug-likeness (QED) is 0.551. The van der Waals surface area contributed by atoms with Crippen LogP contribution in [-0.4, -0.2) is 6.26 Å². The summed E-state index contributed by atoms with van der Waals surface area (Å²) in [5, 5.41) is -0.236. The molecule has 2 aromatic rings. The fourth-order valence-electron chi connectivity index (χ4n) is 1.79. The van der Waals surface area contributed by atoms with Crippen LogP contribution in [0.2, 0.25) is 0 Å². The fraction of sp³-hybridized carbons (Fsp3) is 0.200. The third-order valence-corrected chi connectivity index (χ3v) is 4.13. The van der Waals surface area contributed by atoms with Crippen LogP contribution in [0, 0.1) is 12.7 Å². The lowest BCUT2D eigenvalue weighted by atomic mass is 10.0. The first-order valence-corrected chi connectivity index (χ1v) is 7.32. The van der Waals surface area contributed by atoms with Crippen molar-refractivity contribution in [3.05, 3.63) is 65.0 Å². The zero-order valence-electron chi connectivity index (χ0n) is 10.3. The molecule has 1 unspecified atom stereocenters. The highest BCUT2D eigenvalue weighted by molar-refractivity contribution is 7.98. The minimum Gasteiger partial charge on any atom is -0.207 e. The molecule has 0 spiro atoms. The van der Waals surface area contributed by atoms with Crippen molar-refractivity contribution in [1.29, 1.82) is 0 Å². The highest BCUT2D eigenvalue weighted by Crippen LogP contribution is 2.30. The molecule has 3 heteroatoms. The Morgan fingerprint density at radius 1 is 1.06 bits per heavy atom. The van der Waals surface area contributed by atoms with Crippen LogP contribution < -0.4 is 0 Å². The summed E-state index contributed by atoms with van der Waals surface area (Å²) in [7, 11) is 0. The number of thioether (sulfide) groups is 1. The molecule has 0 fully saturated rings. The van der Waals surface area contributed by atoms with Gasteiger partial charge in [0.05, 0.1) is 5.38 Å². The second kappa shape index (κ2) is 5.77. The van der Waals surface area contributed by atoms with Crippen molar-refractivity contribution in [1.82, 2.24) is 0 Å². The summed E-state index contributed by atoms with van der Waals surface area (Å²) in [6, 6.07) is 13.1. The maximum absolute atomic E-state index is 13.2. The monoisotopic (exact) mass is 280 g/mol. The van der Waals surface area contributed by atoms with Crippen LogP contribution >= 0.6 is 23.4 Å². The molecule has 0 saturated heterocycles. The molecule has 0 amide bonds. The van der Waals surface area contributed by atoms with Gasteiger partial charge in [-0.1, -0.05) is 24.3 Å². The minimum atomic E-state index is -0.236. The molecular weight excluding hydrogens is 267 g/mol. The Labute approximate surface area is 116 Å². The zero-order valence-corrected chi connectivity index (χ0v) is 11.9. The van der Waals surface area contributed by atoms with Gasteiger partial charge in [0.15, 0.2) is 0 Å². The van der Waals surface area contributed by atoms with Gasteiger partial charge in [-0.3, -0.25) is 0 Å². The number of alkyl halides is 1. The van der Waals surface area contributed by atoms with Crippen LogP contribution in [0.5, 0.6) is 0 Å². The SMILES string of the molecule is CSc1ccc(C(Cl)c2ccc(F)c(C)c2)cc1. The van der Waals surface area contributed by atoms with Gasteiger partial charge < -0.3 is 0 Å². The van der Waals surface area contributed by atoms with E-state index in [0.29, 0.717) is 5.56 Å². The predicted octanol–water partition coefficient (Wildman–Crippen LogP) is 5.18. The highest BCUT2D eigenvalue weighted by atomic mass is 35.5. The van der Waals surface area contributed by atoms with E-state index in [4.69, 9.17) is 11.6 Å². The Hall–Kier alpha value is -0.990. The average molecular weight is 281 g/mol. The average Bonchev–Trinajstić information content (AvgIpc) is 2.41. The number of aryl methyl sites for hydroxylation is 1. The summed E-state index contributed by atoms with van der Waals surface area (Å²) in [6.45, 7) is 1.75. The van der Waals surface area contributed by atoms with Gasteiger partial charge in [0.1, 0.15) is 5.82 Å². The summed E-state index contributed by atoms with van der Waals surface area (Å²) < 4.78 is 13.2. The van der Waals surface area contributed by atoms with Crippen LogP contribution in [0.4, 0.5) is 4.39 Å². The molecule has 18 heavy (non-hydrogen) atoms. The van der Waals surface area contributed by atoms with Crippen molar-refractivity contribution >= 4 is 23.4 Å². The summed E-state index contributed by atoms with van der Waals surface area (Å²) >= 11 is 8.12. The lowest BCUT2D eigenvalue weighted by Crippen LogP contribution is -1.95. The molecule has 1 atom stereocenters. The van der Waals surface area contributed by atoms with Crippen molar-refractivity contribution in [2.75, 3.05) is 6.26 Å². The van der Waals surface area contributed by atoms with E-state index >= 15 is 0 Å². The molecule has 0 aliphatic carbocycles. The smallest absolute Gasteiger partial charge is 0.126 e. The Morgan fingerprint density at radius 3 is 2.22 bits per heavy atom. The lowest BCUT2D eigenvalue weighted by Gasteiger charge is -2.12. The van der Waals surface area contributed by atoms with Crippen molar-refractivity contribution < 1.29 is 4.39 Å². The third-order valence-electron chi connectivity index (χ3n) is 2.88. The number of halogens is 2. The van der Waals surface area contributed by atoms with Gasteiger partial charge in [0, 0.05) is 4.90 Å². The van der Waals surface area contributed by atoms with Crippen LogP contribution in [0.15, 0.2) is 47.4 Å². The molecule has 0 aromatic heterocycles. The summed E-state index contributed by atoms with van der Waals surface area (Å²) in [6.07, 6.45) is 2.04. The number of rotatable bonds is 3. The first-order chi connectivity index (χ1) is 8.61. The van der Waals surface area contributed by atoms with Crippen LogP contribution in [0.3, 0.4) is 0 Å². The van der Waals surface area contributed by atoms with E-state index in [9.17, 15) is 4.39 Å². The molecule has 0 N–H and O–H groups in total. The summed E-state index contributed by atoms with van der Waals surface area (Å²) in [5.41, 5.74) is 2.58. The molecule has 2 aromatic carbocycles. The van der Waals surface area contributed by atoms with E-state index in [0.717, 1.165) is 11.1 Å². The predicted molar refractivity (Wildman–Crippen MR) is 77.1 cm³/mol. The van der Waals surface area contributed by atoms with Gasteiger partial charge in [-0.15, -0.1) is 23.4 Å². The molecule has 0 saturated carbocycles. The van der Waals surface area contributed by atoms with Crippen LogP contribution in [-0.2, 0) is 0 Å².